The van der Waals surface area contributed by atoms with E-state index in [9.17, 15) is 5.11 Å². The number of hydrogen-bond donors (Lipinski definition) is 1. The van der Waals surface area contributed by atoms with Gasteiger partial charge in [0.1, 0.15) is 0 Å². The van der Waals surface area contributed by atoms with Crippen LogP contribution in [0.4, 0.5) is 0 Å². The predicted octanol–water partition coefficient (Wildman–Crippen LogP) is 1.84. The summed E-state index contributed by atoms with van der Waals surface area (Å²) in [5.41, 5.74) is 0.462. The second-order valence-corrected chi connectivity index (χ2v) is 6.20. The summed E-state index contributed by atoms with van der Waals surface area (Å²) < 4.78 is 0.990. The molecule has 3 nitrogen and oxygen atoms in total. The fourth-order valence-electron chi connectivity index (χ4n) is 3.09. The van der Waals surface area contributed by atoms with Crippen LogP contribution in [0.3, 0.4) is 0 Å². The molecule has 0 spiro atoms. The number of pyridine rings is 1. The molecule has 2 aliphatic heterocycles. The van der Waals surface area contributed by atoms with E-state index >= 15 is 0 Å². The molecule has 3 unspecified atom stereocenters. The third-order valence-corrected chi connectivity index (χ3v) is 4.64. The van der Waals surface area contributed by atoms with Crippen LogP contribution in [-0.2, 0) is 6.42 Å². The molecular formula is C13H17BrN2O. The molecule has 0 radical (unpaired) electrons. The van der Waals surface area contributed by atoms with E-state index in [1.807, 2.05) is 18.3 Å². The topological polar surface area (TPSA) is 36.4 Å². The van der Waals surface area contributed by atoms with E-state index in [4.69, 9.17) is 0 Å². The normalized spacial score (nSPS) is 36.1. The Kier molecular flexibility index (Phi) is 2.97. The van der Waals surface area contributed by atoms with Crippen LogP contribution in [0.25, 0.3) is 0 Å². The Morgan fingerprint density at radius 1 is 1.47 bits per heavy atom. The van der Waals surface area contributed by atoms with Gasteiger partial charge in [-0.1, -0.05) is 0 Å². The summed E-state index contributed by atoms with van der Waals surface area (Å²) in [5.74, 6) is 0.432. The van der Waals surface area contributed by atoms with Crippen molar-refractivity contribution in [2.75, 3.05) is 19.6 Å². The molecule has 3 rings (SSSR count). The molecule has 1 N–H and O–H groups in total. The lowest BCUT2D eigenvalue weighted by molar-refractivity contribution is -0.0445. The average Bonchev–Trinajstić information content (AvgIpc) is 2.74. The third-order valence-electron chi connectivity index (χ3n) is 4.17. The molecule has 2 bridgehead atoms. The quantitative estimate of drug-likeness (QED) is 0.905. The summed E-state index contributed by atoms with van der Waals surface area (Å²) in [7, 11) is 0. The van der Waals surface area contributed by atoms with Crippen LogP contribution in [0.1, 0.15) is 18.5 Å². The Morgan fingerprint density at radius 3 is 3.12 bits per heavy atom. The van der Waals surface area contributed by atoms with Gasteiger partial charge in [0, 0.05) is 41.8 Å². The Bertz CT molecular complexity index is 408. The number of aromatic nitrogens is 1. The van der Waals surface area contributed by atoms with Gasteiger partial charge in [-0.25, -0.2) is 0 Å². The van der Waals surface area contributed by atoms with Gasteiger partial charge < -0.3 is 10.0 Å². The van der Waals surface area contributed by atoms with Gasteiger partial charge in [0.05, 0.1) is 5.60 Å². The van der Waals surface area contributed by atoms with Crippen molar-refractivity contribution in [3.63, 3.8) is 0 Å². The maximum atomic E-state index is 10.8. The van der Waals surface area contributed by atoms with Crippen molar-refractivity contribution in [3.05, 3.63) is 28.5 Å². The van der Waals surface area contributed by atoms with Crippen molar-refractivity contribution in [3.8, 4) is 0 Å². The Morgan fingerprint density at radius 2 is 2.35 bits per heavy atom. The highest BCUT2D eigenvalue weighted by Crippen LogP contribution is 2.37. The summed E-state index contributed by atoms with van der Waals surface area (Å²) in [6.07, 6.45) is 4.52. The SMILES string of the molecule is OC1(Cc2ccc(Br)cn2)CCN2CCC1C2. The van der Waals surface area contributed by atoms with E-state index in [1.54, 1.807) is 0 Å². The van der Waals surface area contributed by atoms with Crippen LogP contribution in [0.5, 0.6) is 0 Å². The molecule has 0 saturated carbocycles. The summed E-state index contributed by atoms with van der Waals surface area (Å²) in [4.78, 5) is 6.83. The van der Waals surface area contributed by atoms with Crippen molar-refractivity contribution in [1.29, 1.82) is 0 Å². The molecule has 17 heavy (non-hydrogen) atoms. The van der Waals surface area contributed by atoms with Gasteiger partial charge in [0.15, 0.2) is 0 Å². The van der Waals surface area contributed by atoms with E-state index in [0.29, 0.717) is 12.3 Å². The first-order valence-electron chi connectivity index (χ1n) is 6.21. The first kappa shape index (κ1) is 11.6. The van der Waals surface area contributed by atoms with Crippen LogP contribution < -0.4 is 0 Å². The smallest absolute Gasteiger partial charge is 0.0755 e. The Balaban J connectivity index is 1.77. The van der Waals surface area contributed by atoms with Crippen LogP contribution in [0.15, 0.2) is 22.8 Å². The zero-order valence-corrected chi connectivity index (χ0v) is 11.4. The van der Waals surface area contributed by atoms with E-state index < -0.39 is 5.60 Å². The molecular weight excluding hydrogens is 280 g/mol. The highest BCUT2D eigenvalue weighted by atomic mass is 79.9. The van der Waals surface area contributed by atoms with Gasteiger partial charge in [-0.2, -0.15) is 0 Å². The van der Waals surface area contributed by atoms with Gasteiger partial charge >= 0.3 is 0 Å². The second-order valence-electron chi connectivity index (χ2n) is 5.28. The fourth-order valence-corrected chi connectivity index (χ4v) is 3.32. The van der Waals surface area contributed by atoms with Crippen LogP contribution in [0, 0.1) is 5.92 Å². The van der Waals surface area contributed by atoms with Gasteiger partial charge in [0.25, 0.3) is 0 Å². The molecule has 0 aromatic carbocycles. The number of fused-ring (bicyclic) bond motifs is 2. The number of halogens is 1. The predicted molar refractivity (Wildman–Crippen MR) is 69.8 cm³/mol. The van der Waals surface area contributed by atoms with E-state index in [-0.39, 0.29) is 0 Å². The summed E-state index contributed by atoms with van der Waals surface area (Å²) in [6.45, 7) is 3.25. The van der Waals surface area contributed by atoms with Crippen LogP contribution in [0.2, 0.25) is 0 Å². The van der Waals surface area contributed by atoms with E-state index in [2.05, 4.69) is 25.8 Å². The van der Waals surface area contributed by atoms with Gasteiger partial charge in [0.2, 0.25) is 0 Å². The zero-order chi connectivity index (χ0) is 11.9. The summed E-state index contributed by atoms with van der Waals surface area (Å²) in [6, 6.07) is 4.00. The van der Waals surface area contributed by atoms with Gasteiger partial charge in [-0.3, -0.25) is 4.98 Å². The molecule has 0 aliphatic carbocycles. The lowest BCUT2D eigenvalue weighted by Gasteiger charge is -2.38. The maximum absolute atomic E-state index is 10.8. The number of nitrogens with zero attached hydrogens (tertiary/aromatic N) is 2. The van der Waals surface area contributed by atoms with Crippen molar-refractivity contribution in [2.45, 2.75) is 24.9 Å². The summed E-state index contributed by atoms with van der Waals surface area (Å²) >= 11 is 3.38. The minimum absolute atomic E-state index is 0.432. The molecule has 3 heterocycles. The average molecular weight is 297 g/mol. The summed E-state index contributed by atoms with van der Waals surface area (Å²) in [5, 5.41) is 10.8. The molecule has 4 heteroatoms. The van der Waals surface area contributed by atoms with E-state index in [0.717, 1.165) is 42.6 Å². The molecule has 92 valence electrons. The number of aliphatic hydroxyl groups is 1. The third kappa shape index (κ3) is 2.26. The number of hydrogen-bond acceptors (Lipinski definition) is 3. The van der Waals surface area contributed by atoms with Crippen molar-refractivity contribution < 1.29 is 5.11 Å². The van der Waals surface area contributed by atoms with Crippen molar-refractivity contribution in [1.82, 2.24) is 9.88 Å². The molecule has 2 fully saturated rings. The highest BCUT2D eigenvalue weighted by molar-refractivity contribution is 9.10. The van der Waals surface area contributed by atoms with Gasteiger partial charge in [-0.05, 0) is 47.4 Å². The van der Waals surface area contributed by atoms with Gasteiger partial charge in [-0.15, -0.1) is 0 Å². The highest BCUT2D eigenvalue weighted by Gasteiger charge is 2.44. The Labute approximate surface area is 110 Å². The number of rotatable bonds is 2. The standard InChI is InChI=1S/C13H17BrN2O/c14-11-1-2-12(15-8-11)7-13(17)4-6-16-5-3-10(13)9-16/h1-2,8,10,17H,3-7,9H2. The minimum Gasteiger partial charge on any atom is -0.389 e. The maximum Gasteiger partial charge on any atom is 0.0755 e. The first-order chi connectivity index (χ1) is 8.16. The second kappa shape index (κ2) is 4.34. The van der Waals surface area contributed by atoms with E-state index in [1.165, 1.54) is 0 Å². The lowest BCUT2D eigenvalue weighted by atomic mass is 9.79. The first-order valence-corrected chi connectivity index (χ1v) is 7.00. The zero-order valence-electron chi connectivity index (χ0n) is 9.77. The lowest BCUT2D eigenvalue weighted by Crippen LogP contribution is -2.47. The van der Waals surface area contributed by atoms with Crippen LogP contribution >= 0.6 is 15.9 Å². The van der Waals surface area contributed by atoms with Crippen molar-refractivity contribution >= 4 is 15.9 Å². The van der Waals surface area contributed by atoms with Crippen molar-refractivity contribution in [2.24, 2.45) is 5.92 Å². The molecule has 2 saturated heterocycles. The fraction of sp³-hybridized carbons (Fsp3) is 0.615. The monoisotopic (exact) mass is 296 g/mol. The van der Waals surface area contributed by atoms with Crippen LogP contribution in [-0.4, -0.2) is 40.2 Å². The largest absolute Gasteiger partial charge is 0.389 e. The molecule has 1 aromatic heterocycles. The minimum atomic E-state index is -0.534. The molecule has 0 amide bonds. The number of piperidine rings is 1. The Hall–Kier alpha value is -0.450. The molecule has 3 atom stereocenters. The molecule has 2 aliphatic rings. The molecule has 1 aromatic rings.